The molecule has 0 fully saturated rings. The Balaban J connectivity index is 1.04. The lowest BCUT2D eigenvalue weighted by Crippen LogP contribution is -2.43. The van der Waals surface area contributed by atoms with Crippen LogP contribution in [0, 0.1) is 0 Å². The van der Waals surface area contributed by atoms with Crippen LogP contribution in [-0.4, -0.2) is 4.57 Å². The summed E-state index contributed by atoms with van der Waals surface area (Å²) in [6.45, 7) is 9.65. The molecule has 16 rings (SSSR count). The summed E-state index contributed by atoms with van der Waals surface area (Å²) < 4.78 is 2.67. The minimum Gasteiger partial charge on any atom is -0.309 e. The maximum Gasteiger partial charge on any atom is 0.0720 e. The number of aromatic nitrogens is 1. The van der Waals surface area contributed by atoms with Crippen molar-refractivity contribution in [1.82, 2.24) is 4.57 Å². The van der Waals surface area contributed by atoms with Crippen molar-refractivity contribution < 1.29 is 0 Å². The zero-order valence-electron chi connectivity index (χ0n) is 39.2. The van der Waals surface area contributed by atoms with E-state index in [9.17, 15) is 0 Å². The highest BCUT2D eigenvalue weighted by atomic mass is 15.0. The van der Waals surface area contributed by atoms with E-state index in [1.807, 2.05) is 0 Å². The zero-order chi connectivity index (χ0) is 45.8. The zero-order valence-corrected chi connectivity index (χ0v) is 39.2. The van der Waals surface area contributed by atoms with Crippen molar-refractivity contribution in [3.05, 3.63) is 279 Å². The fourth-order valence-electron chi connectivity index (χ4n) is 15.1. The Bertz CT molecular complexity index is 3930. The van der Waals surface area contributed by atoms with Crippen molar-refractivity contribution in [2.75, 3.05) is 0 Å². The smallest absolute Gasteiger partial charge is 0.0720 e. The normalized spacial score (nSPS) is 16.6. The van der Waals surface area contributed by atoms with Crippen LogP contribution < -0.4 is 0 Å². The minimum atomic E-state index is -0.582. The van der Waals surface area contributed by atoms with Gasteiger partial charge in [0.1, 0.15) is 0 Å². The van der Waals surface area contributed by atoms with Crippen molar-refractivity contribution in [1.29, 1.82) is 0 Å². The molecule has 1 nitrogen and oxygen atoms in total. The largest absolute Gasteiger partial charge is 0.309 e. The molecule has 0 atom stereocenters. The summed E-state index contributed by atoms with van der Waals surface area (Å²) in [6, 6.07) is 82.3. The fourth-order valence-corrected chi connectivity index (χ4v) is 15.1. The predicted molar refractivity (Wildman–Crippen MR) is 284 cm³/mol. The van der Waals surface area contributed by atoms with Gasteiger partial charge in [0, 0.05) is 27.2 Å². The molecule has 0 aliphatic heterocycles. The lowest BCUT2D eigenvalue weighted by molar-refractivity contribution is 0.633. The lowest BCUT2D eigenvalue weighted by atomic mass is 9.52. The summed E-state index contributed by atoms with van der Waals surface area (Å²) in [7, 11) is 0. The van der Waals surface area contributed by atoms with Crippen molar-refractivity contribution in [2.24, 2.45) is 0 Å². The second-order valence-corrected chi connectivity index (χ2v) is 21.4. The molecule has 1 heteroatoms. The highest BCUT2D eigenvalue weighted by Gasteiger charge is 2.59. The van der Waals surface area contributed by atoms with Crippen LogP contribution in [0.3, 0.4) is 0 Å². The molecule has 0 N–H and O–H groups in total. The topological polar surface area (TPSA) is 4.93 Å². The molecule has 10 aromatic carbocycles. The summed E-state index contributed by atoms with van der Waals surface area (Å²) in [4.78, 5) is 0. The summed E-state index contributed by atoms with van der Waals surface area (Å²) >= 11 is 0. The second kappa shape index (κ2) is 12.6. The predicted octanol–water partition coefficient (Wildman–Crippen LogP) is 16.4. The van der Waals surface area contributed by atoms with Gasteiger partial charge in [-0.3, -0.25) is 0 Å². The van der Waals surface area contributed by atoms with Gasteiger partial charge < -0.3 is 4.57 Å². The molecule has 0 unspecified atom stereocenters. The lowest BCUT2D eigenvalue weighted by Gasteiger charge is -2.48. The Morgan fingerprint density at radius 2 is 0.580 bits per heavy atom. The number of benzene rings is 10. The molecule has 69 heavy (non-hydrogen) atoms. The monoisotopic (exact) mass is 877 g/mol. The van der Waals surface area contributed by atoms with Crippen LogP contribution in [0.15, 0.2) is 212 Å². The van der Waals surface area contributed by atoms with E-state index in [2.05, 4.69) is 245 Å². The van der Waals surface area contributed by atoms with Gasteiger partial charge >= 0.3 is 0 Å². The van der Waals surface area contributed by atoms with Gasteiger partial charge in [-0.25, -0.2) is 0 Å². The molecule has 2 spiro atoms. The summed E-state index contributed by atoms with van der Waals surface area (Å²) in [5.74, 6) is 0. The van der Waals surface area contributed by atoms with Crippen LogP contribution >= 0.6 is 0 Å². The highest BCUT2D eigenvalue weighted by Crippen LogP contribution is 2.68. The van der Waals surface area contributed by atoms with E-state index in [0.29, 0.717) is 0 Å². The van der Waals surface area contributed by atoms with E-state index in [1.54, 1.807) is 0 Å². The molecule has 0 radical (unpaired) electrons. The van der Waals surface area contributed by atoms with E-state index in [0.717, 1.165) is 0 Å². The van der Waals surface area contributed by atoms with E-state index in [4.69, 9.17) is 0 Å². The standard InChI is InChI=1S/C68H47N/c1-65(2)49-25-10-5-22-42(49)45-36-47-48-37-46-43-23-6-11-26-50(43)66(3,4)60(46)39-63(48)69(62(47)38-59(45)65)61-35-19-34-58-64(61)44-24-9-14-29-53(44)68(58)56-32-17-15-30-54(56)67(55-31-16-18-33-57(55)68)51-27-12-7-20-40(51)41-21-8-13-28-52(41)67/h5-39H,1-4H3. The third-order valence-corrected chi connectivity index (χ3v) is 17.9. The molecule has 1 heterocycles. The third-order valence-electron chi connectivity index (χ3n) is 17.9. The maximum atomic E-state index is 2.67. The molecule has 0 saturated carbocycles. The Morgan fingerprint density at radius 3 is 1.01 bits per heavy atom. The summed E-state index contributed by atoms with van der Waals surface area (Å²) in [5, 5.41) is 2.60. The van der Waals surface area contributed by atoms with E-state index < -0.39 is 10.8 Å². The van der Waals surface area contributed by atoms with Crippen molar-refractivity contribution in [3.63, 3.8) is 0 Å². The van der Waals surface area contributed by atoms with Gasteiger partial charge in [0.05, 0.1) is 27.6 Å². The Kier molecular flexibility index (Phi) is 6.92. The van der Waals surface area contributed by atoms with Crippen molar-refractivity contribution in [2.45, 2.75) is 49.4 Å². The van der Waals surface area contributed by atoms with Gasteiger partial charge in [0.25, 0.3) is 0 Å². The van der Waals surface area contributed by atoms with Crippen LogP contribution in [0.4, 0.5) is 0 Å². The van der Waals surface area contributed by atoms with Gasteiger partial charge in [0.15, 0.2) is 0 Å². The molecule has 11 aromatic rings. The van der Waals surface area contributed by atoms with Gasteiger partial charge in [-0.15, -0.1) is 0 Å². The molecule has 0 bridgehead atoms. The van der Waals surface area contributed by atoms with Crippen LogP contribution in [0.25, 0.3) is 72.0 Å². The van der Waals surface area contributed by atoms with Gasteiger partial charge in [-0.05, 0) is 136 Å². The second-order valence-electron chi connectivity index (χ2n) is 21.4. The number of hydrogen-bond donors (Lipinski definition) is 0. The number of hydrogen-bond acceptors (Lipinski definition) is 0. The quantitative estimate of drug-likeness (QED) is 0.155. The average molecular weight is 878 g/mol. The third kappa shape index (κ3) is 4.21. The molecular weight excluding hydrogens is 831 g/mol. The molecule has 324 valence electrons. The highest BCUT2D eigenvalue weighted by molar-refractivity contribution is 6.14. The van der Waals surface area contributed by atoms with Crippen LogP contribution in [0.5, 0.6) is 0 Å². The molecule has 0 saturated heterocycles. The van der Waals surface area contributed by atoms with E-state index >= 15 is 0 Å². The fraction of sp³-hybridized carbons (Fsp3) is 0.118. The Morgan fingerprint density at radius 1 is 0.261 bits per heavy atom. The molecule has 0 amide bonds. The van der Waals surface area contributed by atoms with Gasteiger partial charge in [-0.1, -0.05) is 210 Å². The minimum absolute atomic E-state index is 0.150. The van der Waals surface area contributed by atoms with Gasteiger partial charge in [0.2, 0.25) is 0 Å². The van der Waals surface area contributed by atoms with E-state index in [1.165, 1.54) is 139 Å². The number of nitrogens with zero attached hydrogens (tertiary/aromatic N) is 1. The molecule has 1 aromatic heterocycles. The molecule has 5 aliphatic rings. The molecular formula is C68H47N. The Hall–Kier alpha value is -8.00. The number of rotatable bonds is 1. The summed E-state index contributed by atoms with van der Waals surface area (Å²) in [5.41, 5.74) is 29.5. The summed E-state index contributed by atoms with van der Waals surface area (Å²) in [6.07, 6.45) is 0. The van der Waals surface area contributed by atoms with Crippen LogP contribution in [0.2, 0.25) is 0 Å². The average Bonchev–Trinajstić information content (AvgIpc) is 4.10. The number of fused-ring (bicyclic) bond motifs is 25. The van der Waals surface area contributed by atoms with Crippen LogP contribution in [0.1, 0.15) is 94.5 Å². The van der Waals surface area contributed by atoms with Crippen molar-refractivity contribution >= 4 is 21.8 Å². The van der Waals surface area contributed by atoms with E-state index in [-0.39, 0.29) is 10.8 Å². The molecule has 5 aliphatic carbocycles. The first-order valence-corrected chi connectivity index (χ1v) is 24.8. The SMILES string of the molecule is CC1(C)c2ccccc2-c2cc3c4cc5c(cc4n(-c4cccc6c4-c4ccccc4C64c6ccccc6C6(c7ccccc7-c7ccccc76)c6ccccc64)c3cc21)C(C)(C)c1ccccc1-5. The van der Waals surface area contributed by atoms with Crippen molar-refractivity contribution in [3.8, 4) is 50.2 Å². The first-order valence-electron chi connectivity index (χ1n) is 24.8. The first-order chi connectivity index (χ1) is 33.8. The van der Waals surface area contributed by atoms with Crippen LogP contribution in [-0.2, 0) is 21.7 Å². The van der Waals surface area contributed by atoms with Gasteiger partial charge in [-0.2, -0.15) is 0 Å². The Labute approximate surface area is 403 Å². The maximum absolute atomic E-state index is 2.67. The first kappa shape index (κ1) is 38.0.